The van der Waals surface area contributed by atoms with Crippen molar-refractivity contribution in [2.24, 2.45) is 0 Å². The van der Waals surface area contributed by atoms with Crippen LogP contribution in [0.1, 0.15) is 42.9 Å². The average molecular weight is 229 g/mol. The van der Waals surface area contributed by atoms with Gasteiger partial charge in [-0.3, -0.25) is 4.79 Å². The molecule has 0 aliphatic heterocycles. The van der Waals surface area contributed by atoms with Crippen LogP contribution in [0.2, 0.25) is 0 Å². The number of nitrogens with one attached hydrogen (secondary N) is 1. The molecule has 0 atom stereocenters. The van der Waals surface area contributed by atoms with Gasteiger partial charge >= 0.3 is 0 Å². The van der Waals surface area contributed by atoms with Crippen LogP contribution in [0, 0.1) is 13.8 Å². The van der Waals surface area contributed by atoms with Crippen molar-refractivity contribution in [3.8, 4) is 0 Å². The van der Waals surface area contributed by atoms with E-state index < -0.39 is 0 Å². The molecule has 1 aliphatic carbocycles. The number of anilines is 1. The summed E-state index contributed by atoms with van der Waals surface area (Å²) in [5, 5.41) is 2.98. The van der Waals surface area contributed by atoms with Gasteiger partial charge in [-0.2, -0.15) is 0 Å². The quantitative estimate of drug-likeness (QED) is 0.820. The summed E-state index contributed by atoms with van der Waals surface area (Å²) in [6.45, 7) is 5.72. The molecule has 1 aromatic carbocycles. The maximum atomic E-state index is 11.3. The molecular weight excluding hydrogens is 210 g/mol. The minimum atomic E-state index is -0.00135. The van der Waals surface area contributed by atoms with Gasteiger partial charge in [0.05, 0.1) is 5.69 Å². The zero-order valence-electron chi connectivity index (χ0n) is 10.8. The molecule has 0 spiro atoms. The summed E-state index contributed by atoms with van der Waals surface area (Å²) < 4.78 is 0. The molecule has 0 aromatic heterocycles. The first kappa shape index (κ1) is 11.9. The summed E-state index contributed by atoms with van der Waals surface area (Å²) in [7, 11) is 0. The second kappa shape index (κ2) is 4.74. The number of hydrogen-bond donors (Lipinski definition) is 1. The Morgan fingerprint density at radius 2 is 1.94 bits per heavy atom. The second-order valence-corrected chi connectivity index (χ2v) is 4.75. The van der Waals surface area contributed by atoms with E-state index in [9.17, 15) is 4.79 Å². The average Bonchev–Trinajstić information content (AvgIpc) is 2.76. The molecular formula is C15H19NO. The van der Waals surface area contributed by atoms with Crippen molar-refractivity contribution >= 4 is 17.2 Å². The molecule has 0 fully saturated rings. The molecule has 1 aromatic rings. The van der Waals surface area contributed by atoms with E-state index >= 15 is 0 Å². The maximum Gasteiger partial charge on any atom is 0.221 e. The smallest absolute Gasteiger partial charge is 0.221 e. The lowest BCUT2D eigenvalue weighted by molar-refractivity contribution is -0.114. The minimum absolute atomic E-state index is 0.00135. The van der Waals surface area contributed by atoms with Crippen LogP contribution in [0.3, 0.4) is 0 Å². The van der Waals surface area contributed by atoms with Crippen LogP contribution in [0.25, 0.3) is 5.57 Å². The SMILES string of the molecule is CC(=O)Nc1c(C)ccc(C)c1C1=CCCC1. The monoisotopic (exact) mass is 229 g/mol. The van der Waals surface area contributed by atoms with Crippen LogP contribution >= 0.6 is 0 Å². The highest BCUT2D eigenvalue weighted by Gasteiger charge is 2.16. The van der Waals surface area contributed by atoms with E-state index in [2.05, 4.69) is 30.4 Å². The van der Waals surface area contributed by atoms with Crippen molar-refractivity contribution in [3.05, 3.63) is 34.9 Å². The number of benzene rings is 1. The summed E-state index contributed by atoms with van der Waals surface area (Å²) in [5.74, 6) is -0.00135. The lowest BCUT2D eigenvalue weighted by Crippen LogP contribution is -2.10. The van der Waals surface area contributed by atoms with Crippen LogP contribution < -0.4 is 5.32 Å². The van der Waals surface area contributed by atoms with Crippen LogP contribution in [-0.4, -0.2) is 5.91 Å². The van der Waals surface area contributed by atoms with Gasteiger partial charge in [0.25, 0.3) is 0 Å². The molecule has 2 nitrogen and oxygen atoms in total. The van der Waals surface area contributed by atoms with Crippen LogP contribution in [0.4, 0.5) is 5.69 Å². The molecule has 0 saturated heterocycles. The van der Waals surface area contributed by atoms with E-state index in [-0.39, 0.29) is 5.91 Å². The molecule has 2 heteroatoms. The molecule has 0 heterocycles. The summed E-state index contributed by atoms with van der Waals surface area (Å²) in [4.78, 5) is 11.3. The Morgan fingerprint density at radius 1 is 1.24 bits per heavy atom. The molecule has 17 heavy (non-hydrogen) atoms. The predicted octanol–water partition coefficient (Wildman–Crippen LogP) is 3.83. The molecule has 1 amide bonds. The van der Waals surface area contributed by atoms with Gasteiger partial charge in [-0.25, -0.2) is 0 Å². The van der Waals surface area contributed by atoms with E-state index in [1.165, 1.54) is 23.1 Å². The maximum absolute atomic E-state index is 11.3. The van der Waals surface area contributed by atoms with Crippen molar-refractivity contribution in [2.75, 3.05) is 5.32 Å². The standard InChI is InChI=1S/C15H19NO/c1-10-8-9-11(2)15(16-12(3)17)14(10)13-6-4-5-7-13/h6,8-9H,4-5,7H2,1-3H3,(H,16,17). The first-order valence-electron chi connectivity index (χ1n) is 6.17. The number of amides is 1. The Balaban J connectivity index is 2.53. The summed E-state index contributed by atoms with van der Waals surface area (Å²) in [6.07, 6.45) is 5.80. The van der Waals surface area contributed by atoms with E-state index in [0.717, 1.165) is 24.1 Å². The highest BCUT2D eigenvalue weighted by molar-refractivity contribution is 5.94. The second-order valence-electron chi connectivity index (χ2n) is 4.75. The van der Waals surface area contributed by atoms with Gasteiger partial charge in [0.1, 0.15) is 0 Å². The number of carbonyl (C=O) groups is 1. The predicted molar refractivity (Wildman–Crippen MR) is 72.0 cm³/mol. The number of aryl methyl sites for hydroxylation is 2. The van der Waals surface area contributed by atoms with Crippen molar-refractivity contribution in [1.29, 1.82) is 0 Å². The number of hydrogen-bond acceptors (Lipinski definition) is 1. The van der Waals surface area contributed by atoms with Gasteiger partial charge in [0, 0.05) is 12.5 Å². The zero-order valence-corrected chi connectivity index (χ0v) is 10.8. The number of allylic oxidation sites excluding steroid dienone is 2. The minimum Gasteiger partial charge on any atom is -0.326 e. The fraction of sp³-hybridized carbons (Fsp3) is 0.400. The Hall–Kier alpha value is -1.57. The van der Waals surface area contributed by atoms with E-state index in [1.807, 2.05) is 6.92 Å². The molecule has 0 bridgehead atoms. The normalized spacial score (nSPS) is 14.6. The van der Waals surface area contributed by atoms with Crippen molar-refractivity contribution in [1.82, 2.24) is 0 Å². The molecule has 2 rings (SSSR count). The van der Waals surface area contributed by atoms with Crippen molar-refractivity contribution in [3.63, 3.8) is 0 Å². The third-order valence-corrected chi connectivity index (χ3v) is 3.29. The van der Waals surface area contributed by atoms with E-state index in [4.69, 9.17) is 0 Å². The van der Waals surface area contributed by atoms with E-state index in [1.54, 1.807) is 6.92 Å². The zero-order chi connectivity index (χ0) is 12.4. The Morgan fingerprint density at radius 3 is 2.53 bits per heavy atom. The fourth-order valence-corrected chi connectivity index (χ4v) is 2.46. The van der Waals surface area contributed by atoms with Gasteiger partial charge in [0.2, 0.25) is 5.91 Å². The number of carbonyl (C=O) groups excluding carboxylic acids is 1. The van der Waals surface area contributed by atoms with Gasteiger partial charge in [-0.05, 0) is 49.8 Å². The summed E-state index contributed by atoms with van der Waals surface area (Å²) in [5.41, 5.74) is 5.99. The Kier molecular flexibility index (Phi) is 3.32. The largest absolute Gasteiger partial charge is 0.326 e. The Labute approximate surface area is 103 Å². The first-order valence-corrected chi connectivity index (χ1v) is 6.17. The summed E-state index contributed by atoms with van der Waals surface area (Å²) >= 11 is 0. The topological polar surface area (TPSA) is 29.1 Å². The third kappa shape index (κ3) is 2.41. The van der Waals surface area contributed by atoms with Crippen molar-refractivity contribution < 1.29 is 4.79 Å². The molecule has 0 unspecified atom stereocenters. The highest BCUT2D eigenvalue weighted by Crippen LogP contribution is 2.36. The molecule has 1 aliphatic rings. The van der Waals surface area contributed by atoms with Crippen LogP contribution in [-0.2, 0) is 4.79 Å². The lowest BCUT2D eigenvalue weighted by atomic mass is 9.95. The lowest BCUT2D eigenvalue weighted by Gasteiger charge is -2.16. The van der Waals surface area contributed by atoms with Gasteiger partial charge in [-0.1, -0.05) is 18.2 Å². The fourth-order valence-electron chi connectivity index (χ4n) is 2.46. The molecule has 1 N–H and O–H groups in total. The third-order valence-electron chi connectivity index (χ3n) is 3.29. The van der Waals surface area contributed by atoms with Gasteiger partial charge < -0.3 is 5.32 Å². The highest BCUT2D eigenvalue weighted by atomic mass is 16.1. The van der Waals surface area contributed by atoms with Crippen LogP contribution in [0.15, 0.2) is 18.2 Å². The molecule has 90 valence electrons. The van der Waals surface area contributed by atoms with Gasteiger partial charge in [-0.15, -0.1) is 0 Å². The van der Waals surface area contributed by atoms with Crippen molar-refractivity contribution in [2.45, 2.75) is 40.0 Å². The van der Waals surface area contributed by atoms with E-state index in [0.29, 0.717) is 0 Å². The first-order chi connectivity index (χ1) is 8.09. The van der Waals surface area contributed by atoms with Gasteiger partial charge in [0.15, 0.2) is 0 Å². The molecule has 0 radical (unpaired) electrons. The summed E-state index contributed by atoms with van der Waals surface area (Å²) in [6, 6.07) is 4.20. The van der Waals surface area contributed by atoms with Crippen LogP contribution in [0.5, 0.6) is 0 Å². The molecule has 0 saturated carbocycles. The number of rotatable bonds is 2. The Bertz CT molecular complexity index is 486.